The van der Waals surface area contributed by atoms with E-state index < -0.39 is 15.7 Å². The molecule has 0 unspecified atom stereocenters. The Labute approximate surface area is 129 Å². The third-order valence-corrected chi connectivity index (χ3v) is 5.60. The van der Waals surface area contributed by atoms with E-state index in [1.807, 2.05) is 0 Å². The highest BCUT2D eigenvalue weighted by Crippen LogP contribution is 2.27. The van der Waals surface area contributed by atoms with Gasteiger partial charge in [-0.05, 0) is 51.8 Å². The number of benzene rings is 2. The van der Waals surface area contributed by atoms with E-state index in [1.165, 1.54) is 30.3 Å². The predicted octanol–water partition coefficient (Wildman–Crippen LogP) is 3.80. The van der Waals surface area contributed by atoms with E-state index in [-0.39, 0.29) is 15.7 Å². The number of nitrogens with two attached hydrogens (primary N) is 1. The van der Waals surface area contributed by atoms with Gasteiger partial charge in [-0.25, -0.2) is 12.8 Å². The molecule has 0 aliphatic heterocycles. The van der Waals surface area contributed by atoms with E-state index in [2.05, 4.69) is 15.9 Å². The summed E-state index contributed by atoms with van der Waals surface area (Å²) in [5, 5.41) is -0.0418. The first-order valence-electron chi connectivity index (χ1n) is 5.51. The Morgan fingerprint density at radius 3 is 2.50 bits per heavy atom. The third-order valence-electron chi connectivity index (χ3n) is 2.63. The lowest BCUT2D eigenvalue weighted by Crippen LogP contribution is -2.06. The average Bonchev–Trinajstić information content (AvgIpc) is 2.33. The van der Waals surface area contributed by atoms with Crippen LogP contribution >= 0.6 is 27.5 Å². The summed E-state index contributed by atoms with van der Waals surface area (Å²) in [5.74, 6) is -0.959. The van der Waals surface area contributed by atoms with Crippen molar-refractivity contribution < 1.29 is 12.8 Å². The number of anilines is 1. The monoisotopic (exact) mass is 377 g/mol. The number of sulfone groups is 1. The third kappa shape index (κ3) is 3.31. The van der Waals surface area contributed by atoms with Gasteiger partial charge in [0.15, 0.2) is 9.84 Å². The van der Waals surface area contributed by atoms with Crippen LogP contribution in [-0.2, 0) is 15.6 Å². The van der Waals surface area contributed by atoms with Crippen LogP contribution in [-0.4, -0.2) is 8.42 Å². The lowest BCUT2D eigenvalue weighted by Gasteiger charge is -2.08. The maximum absolute atomic E-state index is 13.3. The molecule has 3 nitrogen and oxygen atoms in total. The quantitative estimate of drug-likeness (QED) is 0.827. The van der Waals surface area contributed by atoms with Gasteiger partial charge in [0, 0.05) is 10.2 Å². The molecule has 0 spiro atoms. The molecule has 2 N–H and O–H groups in total. The van der Waals surface area contributed by atoms with Crippen LogP contribution in [0.1, 0.15) is 5.56 Å². The van der Waals surface area contributed by atoms with Gasteiger partial charge in [0.1, 0.15) is 5.82 Å². The summed E-state index contributed by atoms with van der Waals surface area (Å²) in [7, 11) is -3.60. The molecule has 0 radical (unpaired) electrons. The van der Waals surface area contributed by atoms with Crippen LogP contribution < -0.4 is 5.73 Å². The fourth-order valence-electron chi connectivity index (χ4n) is 1.70. The maximum atomic E-state index is 13.3. The lowest BCUT2D eigenvalue weighted by atomic mass is 10.2. The number of nitrogen functional groups attached to an aromatic ring is 1. The second kappa shape index (κ2) is 5.71. The smallest absolute Gasteiger partial charge is 0.183 e. The van der Waals surface area contributed by atoms with Gasteiger partial charge in [-0.2, -0.15) is 0 Å². The van der Waals surface area contributed by atoms with Crippen LogP contribution in [0.5, 0.6) is 0 Å². The largest absolute Gasteiger partial charge is 0.399 e. The van der Waals surface area contributed by atoms with Gasteiger partial charge in [0.25, 0.3) is 0 Å². The van der Waals surface area contributed by atoms with Crippen molar-refractivity contribution in [1.29, 1.82) is 0 Å². The highest BCUT2D eigenvalue weighted by atomic mass is 79.9. The molecule has 0 saturated heterocycles. The lowest BCUT2D eigenvalue weighted by molar-refractivity contribution is 0.594. The molecule has 106 valence electrons. The fraction of sp³-hybridized carbons (Fsp3) is 0.0769. The van der Waals surface area contributed by atoms with Crippen molar-refractivity contribution in [3.8, 4) is 0 Å². The molecule has 20 heavy (non-hydrogen) atoms. The number of hydrogen-bond acceptors (Lipinski definition) is 3. The van der Waals surface area contributed by atoms with Crippen molar-refractivity contribution in [2.24, 2.45) is 0 Å². The molecule has 0 heterocycles. The molecule has 2 rings (SSSR count). The van der Waals surface area contributed by atoms with Crippen molar-refractivity contribution in [1.82, 2.24) is 0 Å². The first-order chi connectivity index (χ1) is 9.29. The normalized spacial score (nSPS) is 11.6. The van der Waals surface area contributed by atoms with Gasteiger partial charge in [0.05, 0.1) is 15.7 Å². The van der Waals surface area contributed by atoms with Crippen LogP contribution in [0.25, 0.3) is 0 Å². The first-order valence-corrected chi connectivity index (χ1v) is 8.33. The molecule has 0 saturated carbocycles. The standard InChI is InChI=1S/C13H10BrClFNO2S/c14-10-6-9(17)2-4-13(10)20(18,19)7-8-1-3-11(15)12(16)5-8/h1-6H,7,17H2. The second-order valence-corrected chi connectivity index (χ2v) is 7.42. The van der Waals surface area contributed by atoms with Crippen molar-refractivity contribution in [3.05, 3.63) is 57.3 Å². The second-order valence-electron chi connectivity index (χ2n) is 4.20. The van der Waals surface area contributed by atoms with Gasteiger partial charge in [-0.1, -0.05) is 17.7 Å². The molecule has 2 aromatic rings. The summed E-state index contributed by atoms with van der Waals surface area (Å²) in [6, 6.07) is 8.36. The van der Waals surface area contributed by atoms with Crippen LogP contribution in [0.3, 0.4) is 0 Å². The van der Waals surface area contributed by atoms with E-state index in [4.69, 9.17) is 17.3 Å². The number of rotatable bonds is 3. The Bertz CT molecular complexity index is 765. The van der Waals surface area contributed by atoms with E-state index in [9.17, 15) is 12.8 Å². The summed E-state index contributed by atoms with van der Waals surface area (Å²) >= 11 is 8.73. The van der Waals surface area contributed by atoms with Crippen molar-refractivity contribution in [3.63, 3.8) is 0 Å². The molecule has 0 fully saturated rings. The van der Waals surface area contributed by atoms with Crippen molar-refractivity contribution >= 4 is 43.1 Å². The number of halogens is 3. The van der Waals surface area contributed by atoms with Crippen LogP contribution in [0.4, 0.5) is 10.1 Å². The average molecular weight is 379 g/mol. The Kier molecular flexibility index (Phi) is 4.36. The number of hydrogen-bond donors (Lipinski definition) is 1. The molecule has 7 heteroatoms. The van der Waals surface area contributed by atoms with Gasteiger partial charge < -0.3 is 5.73 Å². The predicted molar refractivity (Wildman–Crippen MR) is 80.9 cm³/mol. The Morgan fingerprint density at radius 1 is 1.20 bits per heavy atom. The highest BCUT2D eigenvalue weighted by Gasteiger charge is 2.19. The molecule has 0 atom stereocenters. The topological polar surface area (TPSA) is 60.2 Å². The molecule has 0 aromatic heterocycles. The minimum atomic E-state index is -3.60. The molecule has 0 amide bonds. The maximum Gasteiger partial charge on any atom is 0.183 e. The van der Waals surface area contributed by atoms with E-state index in [0.29, 0.717) is 15.7 Å². The van der Waals surface area contributed by atoms with Gasteiger partial charge in [-0.15, -0.1) is 0 Å². The Morgan fingerprint density at radius 2 is 1.90 bits per heavy atom. The molecular formula is C13H10BrClFNO2S. The minimum Gasteiger partial charge on any atom is -0.399 e. The van der Waals surface area contributed by atoms with E-state index >= 15 is 0 Å². The molecule has 2 aromatic carbocycles. The van der Waals surface area contributed by atoms with E-state index in [0.717, 1.165) is 6.07 Å². The fourth-order valence-corrected chi connectivity index (χ4v) is 4.36. The van der Waals surface area contributed by atoms with Gasteiger partial charge in [-0.3, -0.25) is 0 Å². The van der Waals surface area contributed by atoms with Gasteiger partial charge in [0.2, 0.25) is 0 Å². The molecular weight excluding hydrogens is 369 g/mol. The summed E-state index contributed by atoms with van der Waals surface area (Å²) in [6.45, 7) is 0. The molecule has 0 bridgehead atoms. The van der Waals surface area contributed by atoms with Crippen LogP contribution in [0.2, 0.25) is 5.02 Å². The summed E-state index contributed by atoms with van der Waals surface area (Å²) in [6.07, 6.45) is 0. The van der Waals surface area contributed by atoms with Crippen molar-refractivity contribution in [2.45, 2.75) is 10.6 Å². The van der Waals surface area contributed by atoms with Gasteiger partial charge >= 0.3 is 0 Å². The Hall–Kier alpha value is -1.11. The zero-order valence-electron chi connectivity index (χ0n) is 10.1. The van der Waals surface area contributed by atoms with E-state index in [1.54, 1.807) is 0 Å². The van der Waals surface area contributed by atoms with Crippen LogP contribution in [0, 0.1) is 5.82 Å². The highest BCUT2D eigenvalue weighted by molar-refractivity contribution is 9.10. The molecule has 0 aliphatic carbocycles. The first kappa shape index (κ1) is 15.3. The Balaban J connectivity index is 2.38. The van der Waals surface area contributed by atoms with Crippen molar-refractivity contribution in [2.75, 3.05) is 5.73 Å². The zero-order chi connectivity index (χ0) is 14.9. The SMILES string of the molecule is Nc1ccc(S(=O)(=O)Cc2ccc(Cl)c(F)c2)c(Br)c1. The van der Waals surface area contributed by atoms with Crippen LogP contribution in [0.15, 0.2) is 45.8 Å². The molecule has 0 aliphatic rings. The minimum absolute atomic E-state index is 0.0418. The summed E-state index contributed by atoms with van der Waals surface area (Å²) in [5.41, 5.74) is 6.35. The zero-order valence-corrected chi connectivity index (χ0v) is 13.3. The summed E-state index contributed by atoms with van der Waals surface area (Å²) < 4.78 is 38.3. The summed E-state index contributed by atoms with van der Waals surface area (Å²) in [4.78, 5) is 0.113.